The first-order chi connectivity index (χ1) is 17.4. The summed E-state index contributed by atoms with van der Waals surface area (Å²) in [6, 6.07) is 10.4. The van der Waals surface area contributed by atoms with Gasteiger partial charge in [0.1, 0.15) is 17.1 Å². The molecule has 2 aromatic heterocycles. The van der Waals surface area contributed by atoms with E-state index in [-0.39, 0.29) is 11.3 Å². The molecule has 3 aromatic rings. The molecule has 0 radical (unpaired) electrons. The molecule has 1 aromatic carbocycles. The third-order valence-electron chi connectivity index (χ3n) is 6.56. The number of aliphatic hydroxyl groups is 1. The zero-order valence-corrected chi connectivity index (χ0v) is 21.3. The lowest BCUT2D eigenvalue weighted by Gasteiger charge is -2.25. The standard InChI is InChI=1S/C28H33N3O5/c1-5-6-17-36-21-12-10-20(11-13-21)24-22(26(33)28(34)31(24)15-8-16-35-4)25(32)23-19(3)30-14-7-9-18(2)27(30)29-23/h7,9-14,24,32H,5-6,8,15-17H2,1-4H3. The van der Waals surface area contributed by atoms with Crippen LogP contribution in [0.4, 0.5) is 0 Å². The SMILES string of the molecule is CCCCOc1ccc(C2C(=C(O)c3nc4c(C)cccn4c3C)C(=O)C(=O)N2CCCOC)cc1. The van der Waals surface area contributed by atoms with Gasteiger partial charge in [0.25, 0.3) is 11.7 Å². The number of aromatic nitrogens is 2. The van der Waals surface area contributed by atoms with Crippen LogP contribution in [0.5, 0.6) is 5.75 Å². The number of ketones is 1. The summed E-state index contributed by atoms with van der Waals surface area (Å²) in [6.07, 6.45) is 4.42. The second kappa shape index (κ2) is 11.0. The fourth-order valence-corrected chi connectivity index (χ4v) is 4.59. The first-order valence-corrected chi connectivity index (χ1v) is 12.3. The molecule has 0 saturated carbocycles. The Kier molecular flexibility index (Phi) is 7.74. The fraction of sp³-hybridized carbons (Fsp3) is 0.393. The Bertz CT molecular complexity index is 1290. The number of hydrogen-bond acceptors (Lipinski definition) is 6. The van der Waals surface area contributed by atoms with Crippen LogP contribution in [0.25, 0.3) is 11.4 Å². The number of likely N-dealkylation sites (tertiary alicyclic amines) is 1. The number of carbonyl (C=O) groups excluding carboxylic acids is 2. The molecule has 3 heterocycles. The van der Waals surface area contributed by atoms with E-state index in [1.54, 1.807) is 7.11 Å². The summed E-state index contributed by atoms with van der Waals surface area (Å²) in [5.74, 6) is -0.906. The van der Waals surface area contributed by atoms with Gasteiger partial charge in [0.05, 0.1) is 23.9 Å². The molecule has 1 saturated heterocycles. The predicted molar refractivity (Wildman–Crippen MR) is 137 cm³/mol. The number of amides is 1. The molecule has 0 spiro atoms. The highest BCUT2D eigenvalue weighted by Crippen LogP contribution is 2.40. The molecule has 1 atom stereocenters. The maximum absolute atomic E-state index is 13.3. The van der Waals surface area contributed by atoms with Gasteiger partial charge in [-0.15, -0.1) is 0 Å². The minimum absolute atomic E-state index is 0.0428. The fourth-order valence-electron chi connectivity index (χ4n) is 4.59. The Balaban J connectivity index is 1.80. The lowest BCUT2D eigenvalue weighted by atomic mass is 9.96. The number of fused-ring (bicyclic) bond motifs is 1. The average molecular weight is 492 g/mol. The van der Waals surface area contributed by atoms with E-state index < -0.39 is 17.7 Å². The molecule has 1 N–H and O–H groups in total. The lowest BCUT2D eigenvalue weighted by Crippen LogP contribution is -2.31. The van der Waals surface area contributed by atoms with E-state index in [1.165, 1.54) is 4.90 Å². The number of benzene rings is 1. The van der Waals surface area contributed by atoms with Crippen LogP contribution in [0.2, 0.25) is 0 Å². The Labute approximate surface area is 211 Å². The van der Waals surface area contributed by atoms with Crippen molar-refractivity contribution >= 4 is 23.1 Å². The van der Waals surface area contributed by atoms with Crippen LogP contribution in [0, 0.1) is 13.8 Å². The number of carbonyl (C=O) groups is 2. The third kappa shape index (κ3) is 4.73. The topological polar surface area (TPSA) is 93.4 Å². The van der Waals surface area contributed by atoms with E-state index in [0.717, 1.165) is 24.2 Å². The van der Waals surface area contributed by atoms with E-state index >= 15 is 0 Å². The van der Waals surface area contributed by atoms with Crippen LogP contribution >= 0.6 is 0 Å². The minimum Gasteiger partial charge on any atom is -0.505 e. The summed E-state index contributed by atoms with van der Waals surface area (Å²) in [7, 11) is 1.59. The first-order valence-electron chi connectivity index (χ1n) is 12.3. The zero-order valence-electron chi connectivity index (χ0n) is 21.3. The maximum Gasteiger partial charge on any atom is 0.295 e. The number of rotatable bonds is 10. The third-order valence-corrected chi connectivity index (χ3v) is 6.56. The second-order valence-corrected chi connectivity index (χ2v) is 9.04. The van der Waals surface area contributed by atoms with Crippen molar-refractivity contribution in [2.75, 3.05) is 26.9 Å². The molecular formula is C28H33N3O5. The van der Waals surface area contributed by atoms with Gasteiger partial charge in [-0.25, -0.2) is 4.98 Å². The van der Waals surface area contributed by atoms with Crippen molar-refractivity contribution in [3.8, 4) is 5.75 Å². The quantitative estimate of drug-likeness (QED) is 0.193. The number of aliphatic hydroxyl groups excluding tert-OH is 1. The van der Waals surface area contributed by atoms with Gasteiger partial charge in [-0.3, -0.25) is 9.59 Å². The van der Waals surface area contributed by atoms with E-state index in [2.05, 4.69) is 11.9 Å². The molecule has 0 aliphatic carbocycles. The van der Waals surface area contributed by atoms with Crippen molar-refractivity contribution in [1.82, 2.24) is 14.3 Å². The number of unbranched alkanes of at least 4 members (excludes halogenated alkanes) is 1. The molecule has 190 valence electrons. The Morgan fingerprint density at radius 2 is 1.83 bits per heavy atom. The largest absolute Gasteiger partial charge is 0.505 e. The van der Waals surface area contributed by atoms with Crippen LogP contribution in [0.1, 0.15) is 54.7 Å². The van der Waals surface area contributed by atoms with Crippen molar-refractivity contribution in [2.24, 2.45) is 0 Å². The molecule has 1 aliphatic rings. The van der Waals surface area contributed by atoms with E-state index in [1.807, 2.05) is 60.8 Å². The van der Waals surface area contributed by atoms with E-state index in [0.29, 0.717) is 48.8 Å². The normalized spacial score (nSPS) is 17.3. The highest BCUT2D eigenvalue weighted by atomic mass is 16.5. The van der Waals surface area contributed by atoms with E-state index in [4.69, 9.17) is 9.47 Å². The summed E-state index contributed by atoms with van der Waals surface area (Å²) in [5, 5.41) is 11.5. The molecule has 8 nitrogen and oxygen atoms in total. The maximum atomic E-state index is 13.3. The average Bonchev–Trinajstić information content (AvgIpc) is 3.35. The molecule has 1 amide bonds. The number of ether oxygens (including phenoxy) is 2. The Hall–Kier alpha value is -3.65. The molecule has 1 unspecified atom stereocenters. The number of aryl methyl sites for hydroxylation is 2. The van der Waals surface area contributed by atoms with Crippen molar-refractivity contribution in [2.45, 2.75) is 46.1 Å². The van der Waals surface area contributed by atoms with Gasteiger partial charge in [0, 0.05) is 26.5 Å². The highest BCUT2D eigenvalue weighted by Gasteiger charge is 2.46. The van der Waals surface area contributed by atoms with Crippen molar-refractivity contribution in [3.05, 3.63) is 70.7 Å². The number of nitrogens with zero attached hydrogens (tertiary/aromatic N) is 3. The summed E-state index contributed by atoms with van der Waals surface area (Å²) >= 11 is 0. The van der Waals surface area contributed by atoms with Gasteiger partial charge in [-0.05, 0) is 56.0 Å². The molecule has 1 aliphatic heterocycles. The highest BCUT2D eigenvalue weighted by molar-refractivity contribution is 6.46. The van der Waals surface area contributed by atoms with Crippen LogP contribution < -0.4 is 4.74 Å². The number of hydrogen-bond donors (Lipinski definition) is 1. The van der Waals surface area contributed by atoms with E-state index in [9.17, 15) is 14.7 Å². The summed E-state index contributed by atoms with van der Waals surface area (Å²) < 4.78 is 12.8. The number of pyridine rings is 1. The van der Waals surface area contributed by atoms with Crippen molar-refractivity contribution in [1.29, 1.82) is 0 Å². The lowest BCUT2D eigenvalue weighted by molar-refractivity contribution is -0.140. The van der Waals surface area contributed by atoms with Gasteiger partial charge in [-0.1, -0.05) is 31.5 Å². The van der Waals surface area contributed by atoms with Crippen molar-refractivity contribution in [3.63, 3.8) is 0 Å². The molecule has 1 fully saturated rings. The molecule has 36 heavy (non-hydrogen) atoms. The summed E-state index contributed by atoms with van der Waals surface area (Å²) in [6.45, 7) is 7.26. The van der Waals surface area contributed by atoms with Crippen LogP contribution in [0.15, 0.2) is 48.2 Å². The van der Waals surface area contributed by atoms with Gasteiger partial charge in [-0.2, -0.15) is 0 Å². The first kappa shape index (κ1) is 25.4. The summed E-state index contributed by atoms with van der Waals surface area (Å²) in [4.78, 5) is 32.5. The summed E-state index contributed by atoms with van der Waals surface area (Å²) in [5.41, 5.74) is 3.37. The number of imidazole rings is 1. The smallest absolute Gasteiger partial charge is 0.295 e. The Morgan fingerprint density at radius 1 is 1.08 bits per heavy atom. The predicted octanol–water partition coefficient (Wildman–Crippen LogP) is 4.59. The Morgan fingerprint density at radius 3 is 2.50 bits per heavy atom. The van der Waals surface area contributed by atoms with Crippen molar-refractivity contribution < 1.29 is 24.2 Å². The molecule has 4 rings (SSSR count). The monoisotopic (exact) mass is 491 g/mol. The van der Waals surface area contributed by atoms with Gasteiger partial charge >= 0.3 is 0 Å². The second-order valence-electron chi connectivity index (χ2n) is 9.04. The van der Waals surface area contributed by atoms with Crippen LogP contribution in [-0.4, -0.2) is 57.9 Å². The minimum atomic E-state index is -0.739. The van der Waals surface area contributed by atoms with Crippen LogP contribution in [0.3, 0.4) is 0 Å². The molecule has 8 heteroatoms. The zero-order chi connectivity index (χ0) is 25.8. The van der Waals surface area contributed by atoms with Crippen LogP contribution in [-0.2, 0) is 14.3 Å². The molecule has 0 bridgehead atoms. The number of methoxy groups -OCH3 is 1. The van der Waals surface area contributed by atoms with Gasteiger partial charge < -0.3 is 23.9 Å². The molecular weight excluding hydrogens is 458 g/mol. The van der Waals surface area contributed by atoms with Gasteiger partial charge in [0.15, 0.2) is 5.76 Å². The number of Topliss-reactive ketones (excluding diaryl/α,β-unsaturated/α-hetero) is 1. The van der Waals surface area contributed by atoms with Gasteiger partial charge in [0.2, 0.25) is 0 Å².